The fourth-order valence-electron chi connectivity index (χ4n) is 2.81. The van der Waals surface area contributed by atoms with Crippen LogP contribution >= 0.6 is 0 Å². The second-order valence-corrected chi connectivity index (χ2v) is 5.87. The van der Waals surface area contributed by atoms with Crippen LogP contribution in [-0.2, 0) is 16.0 Å². The molecule has 1 unspecified atom stereocenters. The number of carbonyl (C=O) groups excluding carboxylic acids is 3. The van der Waals surface area contributed by atoms with Gasteiger partial charge in [-0.25, -0.2) is 4.98 Å². The van der Waals surface area contributed by atoms with Gasteiger partial charge in [0.25, 0.3) is 5.91 Å². The van der Waals surface area contributed by atoms with Gasteiger partial charge in [0.1, 0.15) is 18.0 Å². The van der Waals surface area contributed by atoms with Crippen LogP contribution in [0.1, 0.15) is 16.1 Å². The number of carbonyl (C=O) groups is 3. The van der Waals surface area contributed by atoms with Crippen LogP contribution in [0.15, 0.2) is 61.1 Å². The number of nitrogens with zero attached hydrogens (tertiary/aromatic N) is 2. The molecule has 0 bridgehead atoms. The van der Waals surface area contributed by atoms with Gasteiger partial charge in [-0.3, -0.25) is 14.6 Å². The number of amides is 2. The summed E-state index contributed by atoms with van der Waals surface area (Å²) in [4.78, 5) is 43.3. The third kappa shape index (κ3) is 4.52. The molecule has 1 heterocycles. The number of fused-ring (bicyclic) bond motifs is 1. The average Bonchev–Trinajstić information content (AvgIpc) is 2.72. The quantitative estimate of drug-likeness (QED) is 0.617. The molecule has 0 aliphatic rings. The van der Waals surface area contributed by atoms with Gasteiger partial charge in [-0.05, 0) is 16.3 Å². The van der Waals surface area contributed by atoms with Crippen molar-refractivity contribution in [1.82, 2.24) is 20.6 Å². The minimum Gasteiger partial charge on any atom is -0.348 e. The molecule has 0 aliphatic heterocycles. The minimum atomic E-state index is -0.856. The first-order valence-electron chi connectivity index (χ1n) is 8.44. The summed E-state index contributed by atoms with van der Waals surface area (Å²) >= 11 is 0. The minimum absolute atomic E-state index is 0.114. The molecule has 27 heavy (non-hydrogen) atoms. The third-order valence-electron chi connectivity index (χ3n) is 4.08. The normalized spacial score (nSPS) is 11.6. The molecule has 3 rings (SSSR count). The number of aldehydes is 1. The molecule has 0 fully saturated rings. The van der Waals surface area contributed by atoms with Crippen molar-refractivity contribution >= 4 is 28.9 Å². The van der Waals surface area contributed by atoms with Crippen molar-refractivity contribution in [3.63, 3.8) is 0 Å². The zero-order valence-corrected chi connectivity index (χ0v) is 14.5. The topological polar surface area (TPSA) is 101 Å². The second-order valence-electron chi connectivity index (χ2n) is 5.87. The molecule has 2 aromatic carbocycles. The first-order valence-corrected chi connectivity index (χ1v) is 8.44. The maximum absolute atomic E-state index is 12.5. The fourth-order valence-corrected chi connectivity index (χ4v) is 2.81. The van der Waals surface area contributed by atoms with Crippen LogP contribution in [-0.4, -0.2) is 40.7 Å². The van der Waals surface area contributed by atoms with Crippen molar-refractivity contribution in [1.29, 1.82) is 0 Å². The molecular weight excluding hydrogens is 344 g/mol. The molecular formula is C20H18N4O3. The van der Waals surface area contributed by atoms with Crippen molar-refractivity contribution in [3.8, 4) is 0 Å². The summed E-state index contributed by atoms with van der Waals surface area (Å²) in [5.74, 6) is -0.943. The third-order valence-corrected chi connectivity index (χ3v) is 4.08. The average molecular weight is 362 g/mol. The summed E-state index contributed by atoms with van der Waals surface area (Å²) < 4.78 is 0. The van der Waals surface area contributed by atoms with Gasteiger partial charge in [0, 0.05) is 18.8 Å². The SMILES string of the molecule is O=CCNC(=O)C(Cc1cccc2ccccc12)NC(=O)c1cnccn1. The monoisotopic (exact) mass is 362 g/mol. The Morgan fingerprint density at radius 2 is 1.89 bits per heavy atom. The molecule has 136 valence electrons. The van der Waals surface area contributed by atoms with E-state index in [-0.39, 0.29) is 18.7 Å². The summed E-state index contributed by atoms with van der Waals surface area (Å²) in [5, 5.41) is 7.23. The Kier molecular flexibility index (Phi) is 5.84. The van der Waals surface area contributed by atoms with E-state index in [4.69, 9.17) is 0 Å². The molecule has 3 aromatic rings. The predicted octanol–water partition coefficient (Wildman–Crippen LogP) is 1.29. The van der Waals surface area contributed by atoms with Gasteiger partial charge in [0.15, 0.2) is 0 Å². The van der Waals surface area contributed by atoms with Crippen molar-refractivity contribution in [2.75, 3.05) is 6.54 Å². The highest BCUT2D eigenvalue weighted by molar-refractivity contribution is 5.96. The molecule has 0 spiro atoms. The smallest absolute Gasteiger partial charge is 0.272 e. The van der Waals surface area contributed by atoms with Gasteiger partial charge in [0.2, 0.25) is 5.91 Å². The lowest BCUT2D eigenvalue weighted by Gasteiger charge is -2.18. The van der Waals surface area contributed by atoms with E-state index in [9.17, 15) is 14.4 Å². The van der Waals surface area contributed by atoms with Crippen molar-refractivity contribution in [2.24, 2.45) is 0 Å². The van der Waals surface area contributed by atoms with E-state index in [0.29, 0.717) is 6.29 Å². The van der Waals surface area contributed by atoms with Crippen LogP contribution in [0, 0.1) is 0 Å². The molecule has 0 radical (unpaired) electrons. The molecule has 2 amide bonds. The van der Waals surface area contributed by atoms with E-state index in [1.807, 2.05) is 42.5 Å². The Labute approximate surface area is 155 Å². The molecule has 7 heteroatoms. The van der Waals surface area contributed by atoms with Crippen LogP contribution < -0.4 is 10.6 Å². The second kappa shape index (κ2) is 8.66. The number of rotatable bonds is 7. The number of nitrogens with one attached hydrogen (secondary N) is 2. The summed E-state index contributed by atoms with van der Waals surface area (Å²) in [5.41, 5.74) is 1.03. The lowest BCUT2D eigenvalue weighted by molar-refractivity contribution is -0.124. The Hall–Kier alpha value is -3.61. The summed E-state index contributed by atoms with van der Waals surface area (Å²) in [6.45, 7) is -0.119. The van der Waals surface area contributed by atoms with Gasteiger partial charge in [-0.2, -0.15) is 0 Å². The maximum Gasteiger partial charge on any atom is 0.272 e. The van der Waals surface area contributed by atoms with Crippen molar-refractivity contribution in [2.45, 2.75) is 12.5 Å². The van der Waals surface area contributed by atoms with Gasteiger partial charge in [0.05, 0.1) is 12.7 Å². The molecule has 7 nitrogen and oxygen atoms in total. The van der Waals surface area contributed by atoms with E-state index in [2.05, 4.69) is 20.6 Å². The fraction of sp³-hybridized carbons (Fsp3) is 0.150. The van der Waals surface area contributed by atoms with E-state index < -0.39 is 17.9 Å². The highest BCUT2D eigenvalue weighted by Crippen LogP contribution is 2.20. The van der Waals surface area contributed by atoms with Gasteiger partial charge >= 0.3 is 0 Å². The molecule has 1 aromatic heterocycles. The highest BCUT2D eigenvalue weighted by atomic mass is 16.2. The molecule has 0 saturated heterocycles. The van der Waals surface area contributed by atoms with Crippen LogP contribution in [0.2, 0.25) is 0 Å². The van der Waals surface area contributed by atoms with Crippen LogP contribution in [0.5, 0.6) is 0 Å². The Balaban J connectivity index is 1.86. The van der Waals surface area contributed by atoms with Gasteiger partial charge in [-0.1, -0.05) is 42.5 Å². The predicted molar refractivity (Wildman–Crippen MR) is 100 cm³/mol. The van der Waals surface area contributed by atoms with Crippen molar-refractivity contribution < 1.29 is 14.4 Å². The summed E-state index contributed by atoms with van der Waals surface area (Å²) in [6.07, 6.45) is 5.06. The van der Waals surface area contributed by atoms with E-state index >= 15 is 0 Å². The number of hydrogen-bond donors (Lipinski definition) is 2. The largest absolute Gasteiger partial charge is 0.348 e. The van der Waals surface area contributed by atoms with Gasteiger partial charge in [-0.15, -0.1) is 0 Å². The van der Waals surface area contributed by atoms with Crippen LogP contribution in [0.4, 0.5) is 0 Å². The summed E-state index contributed by atoms with van der Waals surface area (Å²) in [7, 11) is 0. The summed E-state index contributed by atoms with van der Waals surface area (Å²) in [6, 6.07) is 12.8. The van der Waals surface area contributed by atoms with Gasteiger partial charge < -0.3 is 15.4 Å². The maximum atomic E-state index is 12.5. The number of benzene rings is 2. The van der Waals surface area contributed by atoms with E-state index in [0.717, 1.165) is 16.3 Å². The molecule has 1 atom stereocenters. The first kappa shape index (κ1) is 18.2. The standard InChI is InChI=1S/C20H18N4O3/c25-11-10-23-19(26)17(24-20(27)18-13-21-8-9-22-18)12-15-6-3-5-14-4-1-2-7-16(14)15/h1-9,11,13,17H,10,12H2,(H,23,26)(H,24,27). The molecule has 0 aliphatic carbocycles. The zero-order chi connectivity index (χ0) is 19.1. The number of hydrogen-bond acceptors (Lipinski definition) is 5. The molecule has 0 saturated carbocycles. The Morgan fingerprint density at radius 3 is 2.67 bits per heavy atom. The van der Waals surface area contributed by atoms with Crippen LogP contribution in [0.25, 0.3) is 10.8 Å². The van der Waals surface area contributed by atoms with Crippen molar-refractivity contribution in [3.05, 3.63) is 72.3 Å². The lowest BCUT2D eigenvalue weighted by atomic mass is 9.98. The Bertz CT molecular complexity index is 954. The van der Waals surface area contributed by atoms with E-state index in [1.165, 1.54) is 18.6 Å². The molecule has 2 N–H and O–H groups in total. The highest BCUT2D eigenvalue weighted by Gasteiger charge is 2.23. The first-order chi connectivity index (χ1) is 13.2. The van der Waals surface area contributed by atoms with E-state index in [1.54, 1.807) is 0 Å². The number of aromatic nitrogens is 2. The lowest BCUT2D eigenvalue weighted by Crippen LogP contribution is -2.48. The van der Waals surface area contributed by atoms with Crippen LogP contribution in [0.3, 0.4) is 0 Å². The zero-order valence-electron chi connectivity index (χ0n) is 14.5. The Morgan fingerprint density at radius 1 is 1.07 bits per heavy atom.